The van der Waals surface area contributed by atoms with Crippen LogP contribution in [0.1, 0.15) is 38.2 Å². The van der Waals surface area contributed by atoms with Gasteiger partial charge in [-0.2, -0.15) is 0 Å². The predicted molar refractivity (Wildman–Crippen MR) is 112 cm³/mol. The van der Waals surface area contributed by atoms with Crippen LogP contribution < -0.4 is 10.6 Å². The Morgan fingerprint density at radius 3 is 2.48 bits per heavy atom. The third-order valence-electron chi connectivity index (χ3n) is 4.76. The number of halogens is 1. The number of carbonyl (C=O) groups is 1. The molecule has 0 aliphatic rings. The minimum absolute atomic E-state index is 0.0153. The molecule has 0 saturated carbocycles. The van der Waals surface area contributed by atoms with E-state index in [1.807, 2.05) is 6.92 Å². The molecule has 29 heavy (non-hydrogen) atoms. The van der Waals surface area contributed by atoms with Gasteiger partial charge in [0.2, 0.25) is 5.95 Å². The van der Waals surface area contributed by atoms with Crippen LogP contribution in [-0.2, 0) is 0 Å². The Morgan fingerprint density at radius 1 is 1.07 bits per heavy atom. The van der Waals surface area contributed by atoms with Gasteiger partial charge in [0, 0.05) is 24.0 Å². The van der Waals surface area contributed by atoms with Gasteiger partial charge in [0.25, 0.3) is 5.91 Å². The standard InChI is InChI=1S/C22H24FN5O/c1-14(22(2,3)4)26-21-25-12-10-18(28-21)20(29)27-19-13-24-11-9-17(19)15-5-7-16(23)8-6-15/h5-14H,1-4H3,(H,27,29)(H,25,26,28). The Bertz CT molecular complexity index is 999. The van der Waals surface area contributed by atoms with E-state index in [0.29, 0.717) is 11.6 Å². The molecule has 0 fully saturated rings. The van der Waals surface area contributed by atoms with Crippen LogP contribution in [0.25, 0.3) is 11.1 Å². The summed E-state index contributed by atoms with van der Waals surface area (Å²) in [6, 6.07) is 9.49. The molecule has 0 aliphatic carbocycles. The molecule has 7 heteroatoms. The van der Waals surface area contributed by atoms with Gasteiger partial charge in [-0.05, 0) is 42.2 Å². The van der Waals surface area contributed by atoms with E-state index in [1.54, 1.807) is 42.9 Å². The second-order valence-electron chi connectivity index (χ2n) is 7.88. The first kappa shape index (κ1) is 20.4. The molecule has 1 unspecified atom stereocenters. The quantitative estimate of drug-likeness (QED) is 0.652. The van der Waals surface area contributed by atoms with Crippen molar-refractivity contribution in [1.29, 1.82) is 0 Å². The predicted octanol–water partition coefficient (Wildman–Crippen LogP) is 4.78. The summed E-state index contributed by atoms with van der Waals surface area (Å²) in [5.41, 5.74) is 2.27. The van der Waals surface area contributed by atoms with Gasteiger partial charge in [-0.25, -0.2) is 14.4 Å². The molecule has 2 N–H and O–H groups in total. The normalized spacial score (nSPS) is 12.3. The molecule has 0 saturated heterocycles. The molecule has 0 spiro atoms. The topological polar surface area (TPSA) is 79.8 Å². The van der Waals surface area contributed by atoms with Gasteiger partial charge in [-0.1, -0.05) is 32.9 Å². The van der Waals surface area contributed by atoms with Gasteiger partial charge in [-0.3, -0.25) is 9.78 Å². The Kier molecular flexibility index (Phi) is 5.87. The van der Waals surface area contributed by atoms with Gasteiger partial charge in [0.15, 0.2) is 0 Å². The number of hydrogen-bond acceptors (Lipinski definition) is 5. The average molecular weight is 393 g/mol. The number of aromatic nitrogens is 3. The molecule has 2 aromatic heterocycles. The molecule has 1 aromatic carbocycles. The largest absolute Gasteiger partial charge is 0.351 e. The van der Waals surface area contributed by atoms with E-state index in [1.165, 1.54) is 12.1 Å². The Balaban J connectivity index is 1.81. The molecule has 2 heterocycles. The number of benzene rings is 1. The van der Waals surface area contributed by atoms with Gasteiger partial charge < -0.3 is 10.6 Å². The van der Waals surface area contributed by atoms with E-state index in [-0.39, 0.29) is 28.9 Å². The second-order valence-corrected chi connectivity index (χ2v) is 7.88. The zero-order valence-electron chi connectivity index (χ0n) is 16.9. The number of amides is 1. The molecule has 6 nitrogen and oxygen atoms in total. The summed E-state index contributed by atoms with van der Waals surface area (Å²) in [6.45, 7) is 8.38. The van der Waals surface area contributed by atoms with E-state index in [0.717, 1.165) is 11.1 Å². The van der Waals surface area contributed by atoms with Crippen LogP contribution >= 0.6 is 0 Å². The zero-order chi connectivity index (χ0) is 21.0. The molecule has 0 aliphatic heterocycles. The minimum Gasteiger partial charge on any atom is -0.351 e. The first-order valence-electron chi connectivity index (χ1n) is 9.35. The maximum atomic E-state index is 13.2. The number of hydrogen-bond donors (Lipinski definition) is 2. The average Bonchev–Trinajstić information content (AvgIpc) is 2.68. The van der Waals surface area contributed by atoms with Crippen LogP contribution in [0.3, 0.4) is 0 Å². The monoisotopic (exact) mass is 393 g/mol. The van der Waals surface area contributed by atoms with E-state index < -0.39 is 0 Å². The second kappa shape index (κ2) is 8.34. The first-order valence-corrected chi connectivity index (χ1v) is 9.35. The third kappa shape index (κ3) is 5.13. The van der Waals surface area contributed by atoms with Gasteiger partial charge in [-0.15, -0.1) is 0 Å². The summed E-state index contributed by atoms with van der Waals surface area (Å²) in [7, 11) is 0. The van der Waals surface area contributed by atoms with Crippen LogP contribution in [0.4, 0.5) is 16.0 Å². The molecular formula is C22H24FN5O. The highest BCUT2D eigenvalue weighted by molar-refractivity contribution is 6.05. The number of carbonyl (C=O) groups excluding carboxylic acids is 1. The minimum atomic E-state index is -0.379. The van der Waals surface area contributed by atoms with E-state index in [9.17, 15) is 9.18 Å². The molecule has 1 atom stereocenters. The van der Waals surface area contributed by atoms with Crippen molar-refractivity contribution < 1.29 is 9.18 Å². The van der Waals surface area contributed by atoms with Crippen molar-refractivity contribution in [2.75, 3.05) is 10.6 Å². The summed E-state index contributed by atoms with van der Waals surface area (Å²) >= 11 is 0. The van der Waals surface area contributed by atoms with Crippen molar-refractivity contribution in [2.24, 2.45) is 5.41 Å². The fourth-order valence-corrected chi connectivity index (χ4v) is 2.53. The fourth-order valence-electron chi connectivity index (χ4n) is 2.53. The molecule has 0 bridgehead atoms. The number of nitrogens with zero attached hydrogens (tertiary/aromatic N) is 3. The van der Waals surface area contributed by atoms with Gasteiger partial charge >= 0.3 is 0 Å². The Labute approximate surface area is 169 Å². The lowest BCUT2D eigenvalue weighted by molar-refractivity contribution is 0.102. The highest BCUT2D eigenvalue weighted by Crippen LogP contribution is 2.27. The summed E-state index contributed by atoms with van der Waals surface area (Å²) in [5, 5.41) is 6.07. The number of rotatable bonds is 5. The van der Waals surface area contributed by atoms with Crippen molar-refractivity contribution in [2.45, 2.75) is 33.7 Å². The van der Waals surface area contributed by atoms with Crippen LogP contribution in [0.5, 0.6) is 0 Å². The summed E-state index contributed by atoms with van der Waals surface area (Å²) < 4.78 is 13.2. The Hall–Kier alpha value is -3.35. The lowest BCUT2D eigenvalue weighted by Gasteiger charge is -2.28. The van der Waals surface area contributed by atoms with Gasteiger partial charge in [0.05, 0.1) is 11.9 Å². The van der Waals surface area contributed by atoms with E-state index in [4.69, 9.17) is 0 Å². The van der Waals surface area contributed by atoms with Crippen molar-refractivity contribution in [1.82, 2.24) is 15.0 Å². The first-order chi connectivity index (χ1) is 13.7. The van der Waals surface area contributed by atoms with Crippen LogP contribution in [0.2, 0.25) is 0 Å². The molecular weight excluding hydrogens is 369 g/mol. The SMILES string of the molecule is CC(Nc1nccc(C(=O)Nc2cnccc2-c2ccc(F)cc2)n1)C(C)(C)C. The summed E-state index contributed by atoms with van der Waals surface area (Å²) in [6.07, 6.45) is 4.72. The Morgan fingerprint density at radius 2 is 1.79 bits per heavy atom. The van der Waals surface area contributed by atoms with Crippen LogP contribution in [-0.4, -0.2) is 26.9 Å². The maximum Gasteiger partial charge on any atom is 0.274 e. The molecule has 3 rings (SSSR count). The lowest BCUT2D eigenvalue weighted by atomic mass is 9.88. The number of pyridine rings is 1. The van der Waals surface area contributed by atoms with Crippen LogP contribution in [0, 0.1) is 11.2 Å². The van der Waals surface area contributed by atoms with Crippen molar-refractivity contribution >= 4 is 17.5 Å². The highest BCUT2D eigenvalue weighted by atomic mass is 19.1. The molecule has 3 aromatic rings. The van der Waals surface area contributed by atoms with E-state index in [2.05, 4.69) is 46.4 Å². The van der Waals surface area contributed by atoms with Crippen molar-refractivity contribution in [3.8, 4) is 11.1 Å². The zero-order valence-corrected chi connectivity index (χ0v) is 16.9. The molecule has 150 valence electrons. The lowest BCUT2D eigenvalue weighted by Crippen LogP contribution is -2.31. The summed E-state index contributed by atoms with van der Waals surface area (Å²) in [4.78, 5) is 25.4. The van der Waals surface area contributed by atoms with Crippen molar-refractivity contribution in [3.63, 3.8) is 0 Å². The third-order valence-corrected chi connectivity index (χ3v) is 4.76. The van der Waals surface area contributed by atoms with Crippen molar-refractivity contribution in [3.05, 3.63) is 66.5 Å². The fraction of sp³-hybridized carbons (Fsp3) is 0.273. The highest BCUT2D eigenvalue weighted by Gasteiger charge is 2.21. The maximum absolute atomic E-state index is 13.2. The number of nitrogens with one attached hydrogen (secondary N) is 2. The van der Waals surface area contributed by atoms with Crippen LogP contribution in [0.15, 0.2) is 55.0 Å². The summed E-state index contributed by atoms with van der Waals surface area (Å²) in [5.74, 6) is -0.306. The number of anilines is 2. The van der Waals surface area contributed by atoms with Gasteiger partial charge in [0.1, 0.15) is 11.5 Å². The molecule has 1 amide bonds. The van der Waals surface area contributed by atoms with E-state index >= 15 is 0 Å². The smallest absolute Gasteiger partial charge is 0.274 e. The molecule has 0 radical (unpaired) electrons.